The molecule has 2 heterocycles. The first kappa shape index (κ1) is 17.5. The Morgan fingerprint density at radius 3 is 2.62 bits per heavy atom. The maximum Gasteiger partial charge on any atom is 0.295 e. The minimum atomic E-state index is -0.680. The Morgan fingerprint density at radius 1 is 1.23 bits per heavy atom. The van der Waals surface area contributed by atoms with E-state index >= 15 is 0 Å². The summed E-state index contributed by atoms with van der Waals surface area (Å²) in [6.07, 6.45) is 3.23. The second kappa shape index (κ2) is 7.26. The average molecular weight is 357 g/mol. The van der Waals surface area contributed by atoms with Crippen LogP contribution in [0.4, 0.5) is 15.8 Å². The summed E-state index contributed by atoms with van der Waals surface area (Å²) in [5.41, 5.74) is 0.563. The quantitative estimate of drug-likeness (QED) is 0.525. The molecule has 3 rings (SSSR count). The van der Waals surface area contributed by atoms with Gasteiger partial charge in [-0.3, -0.25) is 15.1 Å². The molecule has 134 valence electrons. The molecular formula is C17H16FN5O3. The highest BCUT2D eigenvalue weighted by molar-refractivity contribution is 5.62. The fourth-order valence-electron chi connectivity index (χ4n) is 2.44. The highest BCUT2D eigenvalue weighted by Gasteiger charge is 2.26. The van der Waals surface area contributed by atoms with Gasteiger partial charge < -0.3 is 9.84 Å². The van der Waals surface area contributed by atoms with Gasteiger partial charge in [0.05, 0.1) is 11.0 Å². The van der Waals surface area contributed by atoms with Crippen LogP contribution in [0.1, 0.15) is 25.8 Å². The topological polar surface area (TPSA) is 107 Å². The molecule has 0 saturated carbocycles. The summed E-state index contributed by atoms with van der Waals surface area (Å²) in [6.45, 7) is 3.81. The van der Waals surface area contributed by atoms with E-state index in [0.29, 0.717) is 5.82 Å². The minimum Gasteiger partial charge on any atom is -0.368 e. The predicted octanol–water partition coefficient (Wildman–Crippen LogP) is 3.99. The summed E-state index contributed by atoms with van der Waals surface area (Å²) in [7, 11) is 0. The third kappa shape index (κ3) is 3.66. The first-order chi connectivity index (χ1) is 12.5. The molecule has 0 aliphatic heterocycles. The third-order valence-electron chi connectivity index (χ3n) is 3.78. The first-order valence-electron chi connectivity index (χ1n) is 7.90. The monoisotopic (exact) mass is 357 g/mol. The number of aromatic nitrogens is 3. The van der Waals surface area contributed by atoms with Crippen molar-refractivity contribution in [3.63, 3.8) is 0 Å². The lowest BCUT2D eigenvalue weighted by Gasteiger charge is -2.19. The van der Waals surface area contributed by atoms with Crippen molar-refractivity contribution < 1.29 is 13.8 Å². The van der Waals surface area contributed by atoms with Crippen LogP contribution in [-0.4, -0.2) is 20.0 Å². The molecule has 1 N–H and O–H groups in total. The lowest BCUT2D eigenvalue weighted by molar-refractivity contribution is -0.384. The molecule has 0 spiro atoms. The van der Waals surface area contributed by atoms with Crippen molar-refractivity contribution in [3.05, 3.63) is 64.5 Å². The number of nitrogens with one attached hydrogen (secondary N) is 1. The molecule has 26 heavy (non-hydrogen) atoms. The second-order valence-electron chi connectivity index (χ2n) is 5.98. The van der Waals surface area contributed by atoms with Crippen LogP contribution in [0.2, 0.25) is 0 Å². The van der Waals surface area contributed by atoms with Crippen LogP contribution in [0, 0.1) is 21.8 Å². The van der Waals surface area contributed by atoms with Gasteiger partial charge in [-0.1, -0.05) is 19.0 Å². The number of halogens is 1. The Bertz CT molecular complexity index is 914. The molecule has 1 atom stereocenters. The molecule has 0 aliphatic rings. The highest BCUT2D eigenvalue weighted by atomic mass is 19.1. The average Bonchev–Trinajstić information content (AvgIpc) is 3.10. The molecule has 9 heteroatoms. The van der Waals surface area contributed by atoms with Crippen molar-refractivity contribution in [3.8, 4) is 11.4 Å². The van der Waals surface area contributed by atoms with Gasteiger partial charge in [-0.05, 0) is 30.2 Å². The largest absolute Gasteiger partial charge is 0.368 e. The predicted molar refractivity (Wildman–Crippen MR) is 91.8 cm³/mol. The van der Waals surface area contributed by atoms with Gasteiger partial charge in [-0.2, -0.15) is 4.98 Å². The number of nitrogens with zero attached hydrogens (tertiary/aromatic N) is 4. The molecule has 0 amide bonds. The van der Waals surface area contributed by atoms with E-state index in [1.54, 1.807) is 24.5 Å². The number of pyridine rings is 1. The van der Waals surface area contributed by atoms with Gasteiger partial charge >= 0.3 is 0 Å². The summed E-state index contributed by atoms with van der Waals surface area (Å²) >= 11 is 0. The standard InChI is InChI=1S/C17H16FN5O3/c1-10(2)15(20-13-4-3-12(18)9-14(13)23(24)25)17-21-16(22-26-17)11-5-7-19-8-6-11/h3-10,15,20H,1-2H3. The van der Waals surface area contributed by atoms with E-state index < -0.39 is 16.8 Å². The van der Waals surface area contributed by atoms with Gasteiger partial charge in [0.25, 0.3) is 5.69 Å². The highest BCUT2D eigenvalue weighted by Crippen LogP contribution is 2.32. The molecule has 0 bridgehead atoms. The van der Waals surface area contributed by atoms with Crippen LogP contribution in [0.5, 0.6) is 0 Å². The maximum absolute atomic E-state index is 13.3. The summed E-state index contributed by atoms with van der Waals surface area (Å²) in [5, 5.41) is 18.2. The van der Waals surface area contributed by atoms with E-state index in [1.807, 2.05) is 13.8 Å². The lowest BCUT2D eigenvalue weighted by Crippen LogP contribution is -2.18. The van der Waals surface area contributed by atoms with Crippen molar-refractivity contribution in [1.82, 2.24) is 15.1 Å². The molecule has 1 unspecified atom stereocenters. The van der Waals surface area contributed by atoms with Gasteiger partial charge in [0.1, 0.15) is 17.5 Å². The van der Waals surface area contributed by atoms with Crippen molar-refractivity contribution in [2.45, 2.75) is 19.9 Å². The zero-order valence-electron chi connectivity index (χ0n) is 14.1. The zero-order valence-corrected chi connectivity index (χ0v) is 14.1. The van der Waals surface area contributed by atoms with Gasteiger partial charge in [0.15, 0.2) is 0 Å². The molecule has 8 nitrogen and oxygen atoms in total. The van der Waals surface area contributed by atoms with E-state index in [1.165, 1.54) is 6.07 Å². The molecule has 3 aromatic rings. The van der Waals surface area contributed by atoms with Crippen molar-refractivity contribution in [2.24, 2.45) is 5.92 Å². The van der Waals surface area contributed by atoms with E-state index in [-0.39, 0.29) is 23.2 Å². The van der Waals surface area contributed by atoms with Crippen molar-refractivity contribution >= 4 is 11.4 Å². The number of nitro benzene ring substituents is 1. The third-order valence-corrected chi connectivity index (χ3v) is 3.78. The van der Waals surface area contributed by atoms with E-state index in [4.69, 9.17) is 4.52 Å². The molecular weight excluding hydrogens is 341 g/mol. The normalized spacial score (nSPS) is 12.2. The number of hydrogen-bond donors (Lipinski definition) is 1. The molecule has 0 aliphatic carbocycles. The van der Waals surface area contributed by atoms with E-state index in [9.17, 15) is 14.5 Å². The first-order valence-corrected chi connectivity index (χ1v) is 7.90. The van der Waals surface area contributed by atoms with Crippen molar-refractivity contribution in [1.29, 1.82) is 0 Å². The Hall–Kier alpha value is -3.36. The summed E-state index contributed by atoms with van der Waals surface area (Å²) in [4.78, 5) is 18.9. The Labute approximate surface area is 148 Å². The molecule has 0 fully saturated rings. The summed E-state index contributed by atoms with van der Waals surface area (Å²) < 4.78 is 18.7. The second-order valence-corrected chi connectivity index (χ2v) is 5.98. The van der Waals surface area contributed by atoms with E-state index in [2.05, 4.69) is 20.4 Å². The van der Waals surface area contributed by atoms with Crippen LogP contribution in [0.3, 0.4) is 0 Å². The fourth-order valence-corrected chi connectivity index (χ4v) is 2.44. The SMILES string of the molecule is CC(C)C(Nc1ccc(F)cc1[N+](=O)[O-])c1nc(-c2ccncc2)no1. The lowest BCUT2D eigenvalue weighted by atomic mass is 10.0. The number of nitro groups is 1. The number of rotatable bonds is 6. The smallest absolute Gasteiger partial charge is 0.295 e. The fraction of sp³-hybridized carbons (Fsp3) is 0.235. The van der Waals surface area contributed by atoms with Crippen LogP contribution >= 0.6 is 0 Å². The zero-order chi connectivity index (χ0) is 18.7. The molecule has 1 aromatic carbocycles. The number of benzene rings is 1. The number of hydrogen-bond acceptors (Lipinski definition) is 7. The maximum atomic E-state index is 13.3. The van der Waals surface area contributed by atoms with E-state index in [0.717, 1.165) is 17.7 Å². The Morgan fingerprint density at radius 2 is 1.96 bits per heavy atom. The molecule has 2 aromatic heterocycles. The van der Waals surface area contributed by atoms with Gasteiger partial charge in [0, 0.05) is 18.0 Å². The van der Waals surface area contributed by atoms with Gasteiger partial charge in [0.2, 0.25) is 11.7 Å². The van der Waals surface area contributed by atoms with Gasteiger partial charge in [-0.15, -0.1) is 0 Å². The van der Waals surface area contributed by atoms with Gasteiger partial charge in [-0.25, -0.2) is 4.39 Å². The molecule has 0 radical (unpaired) electrons. The van der Waals surface area contributed by atoms with Crippen LogP contribution < -0.4 is 5.32 Å². The minimum absolute atomic E-state index is 0.0228. The summed E-state index contributed by atoms with van der Waals surface area (Å²) in [5.74, 6) is -0.0274. The number of anilines is 1. The summed E-state index contributed by atoms with van der Waals surface area (Å²) in [6, 6.07) is 6.36. The van der Waals surface area contributed by atoms with Crippen molar-refractivity contribution in [2.75, 3.05) is 5.32 Å². The molecule has 0 saturated heterocycles. The van der Waals surface area contributed by atoms with Crippen LogP contribution in [-0.2, 0) is 0 Å². The Kier molecular flexibility index (Phi) is 4.87. The Balaban J connectivity index is 1.92. The van der Waals surface area contributed by atoms with Crippen LogP contribution in [0.15, 0.2) is 47.2 Å². The van der Waals surface area contributed by atoms with Crippen LogP contribution in [0.25, 0.3) is 11.4 Å².